The second kappa shape index (κ2) is 10.6. The molecule has 11 heteroatoms. The van der Waals surface area contributed by atoms with Crippen molar-refractivity contribution in [1.82, 2.24) is 15.3 Å². The fraction of sp³-hybridized carbons (Fsp3) is 0.143. The van der Waals surface area contributed by atoms with Crippen LogP contribution in [0.1, 0.15) is 5.69 Å². The van der Waals surface area contributed by atoms with E-state index in [0.717, 1.165) is 22.3 Å². The van der Waals surface area contributed by atoms with E-state index < -0.39 is 10.0 Å². The van der Waals surface area contributed by atoms with Crippen molar-refractivity contribution in [3.63, 3.8) is 0 Å². The molecular formula is C21H21N5O3S3. The van der Waals surface area contributed by atoms with Crippen molar-refractivity contribution in [2.45, 2.75) is 11.4 Å². The molecule has 2 aromatic carbocycles. The van der Waals surface area contributed by atoms with Gasteiger partial charge in [-0.05, 0) is 36.4 Å². The molecule has 2 heterocycles. The predicted octanol–water partition coefficient (Wildman–Crippen LogP) is 4.31. The lowest BCUT2D eigenvalue weighted by atomic mass is 10.3. The summed E-state index contributed by atoms with van der Waals surface area (Å²) in [7, 11) is -3.66. The minimum absolute atomic E-state index is 0.167. The van der Waals surface area contributed by atoms with Gasteiger partial charge in [0, 0.05) is 35.7 Å². The molecule has 0 aliphatic carbocycles. The third-order valence-corrected chi connectivity index (χ3v) is 7.20. The molecule has 0 saturated carbocycles. The van der Waals surface area contributed by atoms with Gasteiger partial charge in [-0.1, -0.05) is 18.2 Å². The second-order valence-corrected chi connectivity index (χ2v) is 10.0. The van der Waals surface area contributed by atoms with Crippen LogP contribution in [0, 0.1) is 0 Å². The summed E-state index contributed by atoms with van der Waals surface area (Å²) in [5.41, 5.74) is 1.67. The second-order valence-electron chi connectivity index (χ2n) is 6.57. The summed E-state index contributed by atoms with van der Waals surface area (Å²) in [6.45, 7) is 1.92. The molecular weight excluding hydrogens is 466 g/mol. The van der Waals surface area contributed by atoms with Crippen LogP contribution >= 0.6 is 22.7 Å². The summed E-state index contributed by atoms with van der Waals surface area (Å²) < 4.78 is 32.9. The monoisotopic (exact) mass is 487 g/mol. The van der Waals surface area contributed by atoms with Crippen molar-refractivity contribution in [2.24, 2.45) is 0 Å². The van der Waals surface area contributed by atoms with Crippen LogP contribution in [0.3, 0.4) is 0 Å². The number of anilines is 3. The van der Waals surface area contributed by atoms with Crippen LogP contribution in [-0.2, 0) is 16.6 Å². The Morgan fingerprint density at radius 1 is 0.969 bits per heavy atom. The number of para-hydroxylation sites is 1. The van der Waals surface area contributed by atoms with E-state index in [2.05, 4.69) is 25.3 Å². The van der Waals surface area contributed by atoms with Gasteiger partial charge in [0.15, 0.2) is 10.3 Å². The minimum Gasteiger partial charge on any atom is -0.492 e. The first kappa shape index (κ1) is 22.2. The fourth-order valence-corrected chi connectivity index (χ4v) is 5.23. The van der Waals surface area contributed by atoms with Crippen molar-refractivity contribution in [3.8, 4) is 5.75 Å². The molecule has 0 unspecified atom stereocenters. The lowest BCUT2D eigenvalue weighted by Crippen LogP contribution is -2.20. The Morgan fingerprint density at radius 2 is 1.78 bits per heavy atom. The number of ether oxygens (including phenoxy) is 1. The van der Waals surface area contributed by atoms with Crippen molar-refractivity contribution < 1.29 is 13.2 Å². The molecule has 8 nitrogen and oxygen atoms in total. The largest absolute Gasteiger partial charge is 0.492 e. The Kier molecular flexibility index (Phi) is 7.32. The summed E-state index contributed by atoms with van der Waals surface area (Å²) in [4.78, 5) is 8.66. The van der Waals surface area contributed by atoms with E-state index in [4.69, 9.17) is 4.74 Å². The molecule has 0 amide bonds. The van der Waals surface area contributed by atoms with Gasteiger partial charge in [-0.15, -0.1) is 22.7 Å². The molecule has 0 fully saturated rings. The number of nitrogens with one attached hydrogen (secondary N) is 3. The summed E-state index contributed by atoms with van der Waals surface area (Å²) in [5.74, 6) is 0.854. The maximum atomic E-state index is 12.4. The van der Waals surface area contributed by atoms with Gasteiger partial charge in [-0.3, -0.25) is 4.72 Å². The molecule has 3 N–H and O–H groups in total. The van der Waals surface area contributed by atoms with Crippen LogP contribution in [0.2, 0.25) is 0 Å². The zero-order chi connectivity index (χ0) is 22.2. The Balaban J connectivity index is 1.24. The van der Waals surface area contributed by atoms with E-state index >= 15 is 0 Å². The molecule has 0 atom stereocenters. The Hall–Kier alpha value is -2.99. The zero-order valence-electron chi connectivity index (χ0n) is 16.9. The quantitative estimate of drug-likeness (QED) is 0.271. The number of sulfonamides is 1. The highest BCUT2D eigenvalue weighted by atomic mass is 32.2. The van der Waals surface area contributed by atoms with E-state index in [1.54, 1.807) is 35.8 Å². The van der Waals surface area contributed by atoms with E-state index in [1.165, 1.54) is 22.7 Å². The topological polar surface area (TPSA) is 105 Å². The van der Waals surface area contributed by atoms with Crippen LogP contribution in [-0.4, -0.2) is 31.5 Å². The minimum atomic E-state index is -3.66. The fourth-order valence-electron chi connectivity index (χ4n) is 2.71. The van der Waals surface area contributed by atoms with E-state index in [0.29, 0.717) is 24.8 Å². The highest BCUT2D eigenvalue weighted by Gasteiger charge is 2.15. The smallest absolute Gasteiger partial charge is 0.263 e. The maximum Gasteiger partial charge on any atom is 0.263 e. The number of rotatable bonds is 11. The third kappa shape index (κ3) is 6.26. The lowest BCUT2D eigenvalue weighted by molar-refractivity contribution is 0.313. The number of benzene rings is 2. The SMILES string of the molecule is O=S(=O)(Nc1nccs1)c1ccc(Nc2nc(CNCCOc3ccccc3)cs2)cc1. The average molecular weight is 488 g/mol. The van der Waals surface area contributed by atoms with Gasteiger partial charge < -0.3 is 15.4 Å². The van der Waals surface area contributed by atoms with Crippen LogP contribution in [0.25, 0.3) is 0 Å². The zero-order valence-corrected chi connectivity index (χ0v) is 19.3. The molecule has 2 aromatic heterocycles. The lowest BCUT2D eigenvalue weighted by Gasteiger charge is -2.07. The molecule has 32 heavy (non-hydrogen) atoms. The molecule has 0 radical (unpaired) electrons. The highest BCUT2D eigenvalue weighted by Crippen LogP contribution is 2.23. The number of nitrogens with zero attached hydrogens (tertiary/aromatic N) is 2. The van der Waals surface area contributed by atoms with Crippen LogP contribution in [0.15, 0.2) is 76.4 Å². The predicted molar refractivity (Wildman–Crippen MR) is 128 cm³/mol. The van der Waals surface area contributed by atoms with Gasteiger partial charge in [-0.2, -0.15) is 0 Å². The van der Waals surface area contributed by atoms with E-state index in [-0.39, 0.29) is 4.90 Å². The highest BCUT2D eigenvalue weighted by molar-refractivity contribution is 7.93. The summed E-state index contributed by atoms with van der Waals surface area (Å²) >= 11 is 2.71. The number of hydrogen-bond donors (Lipinski definition) is 3. The average Bonchev–Trinajstić information content (AvgIpc) is 3.46. The summed E-state index contributed by atoms with van der Waals surface area (Å²) in [6.07, 6.45) is 1.55. The van der Waals surface area contributed by atoms with E-state index in [9.17, 15) is 8.42 Å². The molecule has 166 valence electrons. The molecule has 4 rings (SSSR count). The van der Waals surface area contributed by atoms with Crippen LogP contribution in [0.4, 0.5) is 16.0 Å². The van der Waals surface area contributed by atoms with E-state index in [1.807, 2.05) is 35.7 Å². The van der Waals surface area contributed by atoms with Gasteiger partial charge in [0.25, 0.3) is 10.0 Å². The first-order valence-electron chi connectivity index (χ1n) is 9.71. The third-order valence-electron chi connectivity index (χ3n) is 4.22. The molecule has 0 saturated heterocycles. The maximum absolute atomic E-state index is 12.4. The first-order chi connectivity index (χ1) is 15.6. The van der Waals surface area contributed by atoms with Gasteiger partial charge in [-0.25, -0.2) is 18.4 Å². The normalized spacial score (nSPS) is 11.2. The molecule has 0 aliphatic heterocycles. The Morgan fingerprint density at radius 3 is 2.53 bits per heavy atom. The standard InChI is InChI=1S/C21H21N5O3S3/c27-32(28,26-20-23-11-13-30-20)19-8-6-16(7-9-19)24-21-25-17(15-31-21)14-22-10-12-29-18-4-2-1-3-5-18/h1-9,11,13,15,22H,10,12,14H2,(H,23,26)(H,24,25). The van der Waals surface area contributed by atoms with Gasteiger partial charge >= 0.3 is 0 Å². The summed E-state index contributed by atoms with van der Waals surface area (Å²) in [6, 6.07) is 16.2. The van der Waals surface area contributed by atoms with Gasteiger partial charge in [0.1, 0.15) is 12.4 Å². The Bertz CT molecular complexity index is 1210. The summed E-state index contributed by atoms with van der Waals surface area (Å²) in [5, 5.41) is 11.3. The number of thiazole rings is 2. The van der Waals surface area contributed by atoms with Crippen molar-refractivity contribution in [3.05, 3.63) is 77.2 Å². The molecule has 4 aromatic rings. The van der Waals surface area contributed by atoms with Crippen molar-refractivity contribution in [2.75, 3.05) is 23.2 Å². The van der Waals surface area contributed by atoms with Gasteiger partial charge in [0.2, 0.25) is 0 Å². The molecule has 0 aliphatic rings. The number of hydrogen-bond acceptors (Lipinski definition) is 9. The Labute approximate surface area is 194 Å². The first-order valence-corrected chi connectivity index (χ1v) is 13.0. The molecule has 0 bridgehead atoms. The van der Waals surface area contributed by atoms with Crippen LogP contribution < -0.4 is 20.1 Å². The van der Waals surface area contributed by atoms with Gasteiger partial charge in [0.05, 0.1) is 10.6 Å². The molecule has 0 spiro atoms. The van der Waals surface area contributed by atoms with Crippen molar-refractivity contribution in [1.29, 1.82) is 0 Å². The van der Waals surface area contributed by atoms with Crippen LogP contribution in [0.5, 0.6) is 5.75 Å². The number of aromatic nitrogens is 2. The van der Waals surface area contributed by atoms with Crippen molar-refractivity contribution >= 4 is 48.6 Å².